The summed E-state index contributed by atoms with van der Waals surface area (Å²) in [6.45, 7) is 6.06. The number of benzene rings is 2. The van der Waals surface area contributed by atoms with Crippen molar-refractivity contribution in [3.63, 3.8) is 0 Å². The number of ether oxygens (including phenoxy) is 1. The summed E-state index contributed by atoms with van der Waals surface area (Å²) in [5.74, 6) is 0.225. The van der Waals surface area contributed by atoms with Gasteiger partial charge in [-0.1, -0.05) is 6.07 Å². The Morgan fingerprint density at radius 2 is 1.61 bits per heavy atom. The van der Waals surface area contributed by atoms with Gasteiger partial charge in [-0.25, -0.2) is 4.39 Å². The summed E-state index contributed by atoms with van der Waals surface area (Å²) in [5.41, 5.74) is 4.69. The molecule has 0 aliphatic carbocycles. The van der Waals surface area contributed by atoms with Crippen LogP contribution in [0.3, 0.4) is 0 Å². The van der Waals surface area contributed by atoms with Crippen LogP contribution in [0.1, 0.15) is 12.8 Å². The van der Waals surface area contributed by atoms with Crippen molar-refractivity contribution < 1.29 is 19.5 Å². The van der Waals surface area contributed by atoms with Crippen LogP contribution in [-0.2, 0) is 4.74 Å². The van der Waals surface area contributed by atoms with Gasteiger partial charge in [0.1, 0.15) is 42.8 Å². The molecule has 2 aromatic carbocycles. The highest BCUT2D eigenvalue weighted by Crippen LogP contribution is 2.36. The van der Waals surface area contributed by atoms with E-state index in [1.165, 1.54) is 11.1 Å². The molecule has 3 N–H and O–H groups in total. The van der Waals surface area contributed by atoms with Gasteiger partial charge < -0.3 is 9.64 Å². The molecule has 2 aliphatic heterocycles. The molecule has 0 spiro atoms. The number of piperidine rings is 1. The molecule has 198 valence electrons. The Bertz CT molecular complexity index is 1010. The fourth-order valence-electron chi connectivity index (χ4n) is 4.74. The highest BCUT2D eigenvalue weighted by Gasteiger charge is 2.33. The Morgan fingerprint density at radius 3 is 2.22 bits per heavy atom. The van der Waals surface area contributed by atoms with Gasteiger partial charge in [-0.2, -0.15) is 15.8 Å². The standard InChI is InChI=1S/C24H37FN6O3S2/c1-27(2)31(33,36)21-8-6-20(7-9-21)30(32,35)26-23-5-3-4-22(25)24(23)29-12-10-19(11-13-29)18-28-14-16-34-17-15-28/h3-9,19,26,32-33,35-36H,10-18H2,1-2H3/q+2. The van der Waals surface area contributed by atoms with E-state index in [2.05, 4.69) is 36.0 Å². The van der Waals surface area contributed by atoms with Gasteiger partial charge in [0.25, 0.3) is 0 Å². The molecule has 0 bridgehead atoms. The molecular weight excluding hydrogens is 503 g/mol. The Kier molecular flexibility index (Phi) is 8.70. The highest BCUT2D eigenvalue weighted by atomic mass is 32.1. The second-order valence-corrected chi connectivity index (χ2v) is 10.8. The minimum atomic E-state index is -0.996. The van der Waals surface area contributed by atoms with E-state index >= 15 is 4.39 Å². The molecule has 2 atom stereocenters. The quantitative estimate of drug-likeness (QED) is 0.197. The Hall–Kier alpha value is -1.61. The van der Waals surface area contributed by atoms with Crippen molar-refractivity contribution >= 4 is 48.4 Å². The number of nitrogens with zero attached hydrogens (tertiary/aromatic N) is 5. The summed E-state index contributed by atoms with van der Waals surface area (Å²) in [4.78, 5) is 4.50. The first-order chi connectivity index (χ1) is 17.1. The van der Waals surface area contributed by atoms with E-state index in [4.69, 9.17) is 4.74 Å². The van der Waals surface area contributed by atoms with Crippen LogP contribution in [0.4, 0.5) is 27.1 Å². The largest absolute Gasteiger partial charge is 0.379 e. The molecule has 2 unspecified atom stereocenters. The van der Waals surface area contributed by atoms with Crippen LogP contribution in [0.5, 0.6) is 0 Å². The van der Waals surface area contributed by atoms with Crippen molar-refractivity contribution in [2.45, 2.75) is 12.8 Å². The topological polar surface area (TPSA) is 71.4 Å². The Balaban J connectivity index is 1.46. The van der Waals surface area contributed by atoms with Crippen molar-refractivity contribution in [1.29, 1.82) is 0 Å². The minimum absolute atomic E-state index is 0.348. The summed E-state index contributed by atoms with van der Waals surface area (Å²) >= 11 is 8.64. The van der Waals surface area contributed by atoms with Crippen LogP contribution in [0, 0.1) is 11.7 Å². The maximum absolute atomic E-state index is 15.1. The monoisotopic (exact) mass is 540 g/mol. The molecule has 2 saturated heterocycles. The van der Waals surface area contributed by atoms with Gasteiger partial charge in [0.2, 0.25) is 5.69 Å². The SMILES string of the molecule is CN(C)[N+](O)(S)c1ccc([N+](O)(S)Nc2cccc(F)c2N2CCC(CN3CCOCC3)CC2)cc1. The number of quaternary nitrogens is 2. The van der Waals surface area contributed by atoms with Crippen molar-refractivity contribution in [2.24, 2.45) is 5.92 Å². The van der Waals surface area contributed by atoms with E-state index in [1.807, 2.05) is 4.90 Å². The maximum Gasteiger partial charge on any atom is 0.204 e. The number of morpholine rings is 1. The van der Waals surface area contributed by atoms with Gasteiger partial charge in [-0.05, 0) is 35.1 Å². The van der Waals surface area contributed by atoms with Gasteiger partial charge in [0.15, 0.2) is 5.69 Å². The lowest BCUT2D eigenvalue weighted by Crippen LogP contribution is -2.47. The number of rotatable bonds is 8. The average molecular weight is 541 g/mol. The zero-order valence-corrected chi connectivity index (χ0v) is 22.6. The minimum Gasteiger partial charge on any atom is -0.379 e. The fraction of sp³-hybridized carbons (Fsp3) is 0.500. The molecule has 4 rings (SSSR count). The lowest BCUT2D eigenvalue weighted by molar-refractivity contribution is -0.116. The van der Waals surface area contributed by atoms with E-state index in [1.54, 1.807) is 50.5 Å². The van der Waals surface area contributed by atoms with E-state index in [0.29, 0.717) is 28.7 Å². The Morgan fingerprint density at radius 1 is 1.00 bits per heavy atom. The van der Waals surface area contributed by atoms with Crippen molar-refractivity contribution in [3.05, 3.63) is 48.3 Å². The lowest BCUT2D eigenvalue weighted by Gasteiger charge is -2.38. The van der Waals surface area contributed by atoms with E-state index < -0.39 is 8.32 Å². The van der Waals surface area contributed by atoms with Gasteiger partial charge in [0.05, 0.1) is 13.2 Å². The molecule has 2 heterocycles. The molecule has 9 nitrogen and oxygen atoms in total. The molecule has 0 radical (unpaired) electrons. The van der Waals surface area contributed by atoms with Crippen LogP contribution >= 0.6 is 25.6 Å². The smallest absolute Gasteiger partial charge is 0.204 e. The maximum atomic E-state index is 15.1. The van der Waals surface area contributed by atoms with Crippen LogP contribution < -0.4 is 18.6 Å². The molecular formula is C24H37FN6O3S2+2. The number of nitrogens with one attached hydrogen (secondary N) is 1. The lowest BCUT2D eigenvalue weighted by atomic mass is 9.95. The molecule has 0 amide bonds. The van der Waals surface area contributed by atoms with Crippen molar-refractivity contribution in [3.8, 4) is 0 Å². The van der Waals surface area contributed by atoms with E-state index in [9.17, 15) is 10.4 Å². The first-order valence-corrected chi connectivity index (χ1v) is 13.0. The molecule has 2 fully saturated rings. The third kappa shape index (κ3) is 6.26. The van der Waals surface area contributed by atoms with Crippen LogP contribution in [-0.4, -0.2) is 80.4 Å². The van der Waals surface area contributed by atoms with Crippen LogP contribution in [0.25, 0.3) is 0 Å². The number of hydrogen-bond acceptors (Lipinski definition) is 9. The number of halogens is 1. The third-order valence-corrected chi connectivity index (χ3v) is 7.85. The molecule has 0 aromatic heterocycles. The first-order valence-electron chi connectivity index (χ1n) is 12.2. The molecule has 0 saturated carbocycles. The number of thiol groups is 2. The van der Waals surface area contributed by atoms with E-state index in [-0.39, 0.29) is 5.82 Å². The molecule has 2 aliphatic rings. The van der Waals surface area contributed by atoms with Gasteiger partial charge in [0, 0.05) is 75.2 Å². The van der Waals surface area contributed by atoms with Crippen LogP contribution in [0.15, 0.2) is 42.5 Å². The number of para-hydroxylation sites is 1. The second-order valence-electron chi connectivity index (χ2n) is 9.62. The zero-order valence-electron chi connectivity index (χ0n) is 20.8. The summed E-state index contributed by atoms with van der Waals surface area (Å²) in [6.07, 6.45) is 1.95. The van der Waals surface area contributed by atoms with Gasteiger partial charge >= 0.3 is 0 Å². The average Bonchev–Trinajstić information content (AvgIpc) is 2.85. The molecule has 36 heavy (non-hydrogen) atoms. The number of anilines is 2. The molecule has 12 heteroatoms. The zero-order chi connectivity index (χ0) is 25.9. The second kappa shape index (κ2) is 11.4. The first kappa shape index (κ1) is 27.4. The number of hydrogen-bond donors (Lipinski definition) is 5. The normalized spacial score (nSPS) is 21.3. The fourth-order valence-corrected chi connectivity index (χ4v) is 5.11. The summed E-state index contributed by atoms with van der Waals surface area (Å²) < 4.78 is 18.8. The summed E-state index contributed by atoms with van der Waals surface area (Å²) in [5, 5.41) is 23.1. The summed E-state index contributed by atoms with van der Waals surface area (Å²) in [7, 11) is 3.37. The van der Waals surface area contributed by atoms with Gasteiger partial charge in [-0.15, -0.1) is 5.01 Å². The summed E-state index contributed by atoms with van der Waals surface area (Å²) in [6, 6.07) is 11.3. The van der Waals surface area contributed by atoms with Gasteiger partial charge in [-0.3, -0.25) is 4.90 Å². The molecule has 2 aromatic rings. The highest BCUT2D eigenvalue weighted by molar-refractivity contribution is 7.79. The van der Waals surface area contributed by atoms with Crippen LogP contribution in [0.2, 0.25) is 0 Å². The third-order valence-electron chi connectivity index (χ3n) is 6.93. The van der Waals surface area contributed by atoms with Crippen molar-refractivity contribution in [1.82, 2.24) is 18.2 Å². The Labute approximate surface area is 223 Å². The predicted octanol–water partition coefficient (Wildman–Crippen LogP) is 3.96. The predicted molar refractivity (Wildman–Crippen MR) is 147 cm³/mol. The van der Waals surface area contributed by atoms with E-state index in [0.717, 1.165) is 58.8 Å². The van der Waals surface area contributed by atoms with Crippen molar-refractivity contribution in [2.75, 3.05) is 70.4 Å².